The van der Waals surface area contributed by atoms with Gasteiger partial charge in [0, 0.05) is 0 Å². The molecule has 0 aliphatic heterocycles. The van der Waals surface area contributed by atoms with E-state index in [1.54, 1.807) is 10.9 Å². The molecule has 4 nitrogen and oxygen atoms in total. The first-order chi connectivity index (χ1) is 4.33. The van der Waals surface area contributed by atoms with E-state index in [1.807, 2.05) is 0 Å². The molecule has 1 aromatic rings. The highest BCUT2D eigenvalue weighted by Gasteiger charge is 2.05. The molecule has 1 rings (SSSR count). The van der Waals surface area contributed by atoms with Gasteiger partial charge in [-0.25, -0.2) is 0 Å². The van der Waals surface area contributed by atoms with Crippen LogP contribution in [0, 0.1) is 0 Å². The number of hydrogen-bond donors (Lipinski definition) is 1. The Morgan fingerprint density at radius 3 is 3.11 bits per heavy atom. The van der Waals surface area contributed by atoms with E-state index in [2.05, 4.69) is 9.79 Å². The third-order valence-corrected chi connectivity index (χ3v) is 1.01. The van der Waals surface area contributed by atoms with Gasteiger partial charge in [-0.3, -0.25) is 4.52 Å². The number of nitrogens with two attached hydrogens (primary N) is 1. The maximum absolute atomic E-state index is 5.40. The van der Waals surface area contributed by atoms with Gasteiger partial charge in [0.2, 0.25) is 5.27 Å². The van der Waals surface area contributed by atoms with Crippen molar-refractivity contribution in [3.05, 3.63) is 6.20 Å². The number of nitrogens with zero attached hydrogens (tertiary/aromatic N) is 2. The first-order valence-corrected chi connectivity index (χ1v) is 3.04. The molecule has 0 bridgehead atoms. The summed E-state index contributed by atoms with van der Waals surface area (Å²) in [7, 11) is 0. The lowest BCUT2D eigenvalue weighted by Crippen LogP contribution is -2.35. The van der Waals surface area contributed by atoms with Gasteiger partial charge < -0.3 is 5.73 Å². The highest BCUT2D eigenvalue weighted by atomic mass is 35.5. The highest BCUT2D eigenvalue weighted by Crippen LogP contribution is 1.89. The summed E-state index contributed by atoms with van der Waals surface area (Å²) >= 11 is 5.40. The van der Waals surface area contributed by atoms with Gasteiger partial charge in [-0.15, -0.1) is 11.6 Å². The molecule has 0 amide bonds. The molecule has 0 radical (unpaired) electrons. The summed E-state index contributed by atoms with van der Waals surface area (Å²) in [5.41, 5.74) is 5.22. The predicted octanol–water partition coefficient (Wildman–Crippen LogP) is -0.217. The fourth-order valence-electron chi connectivity index (χ4n) is 0.486. The van der Waals surface area contributed by atoms with Crippen LogP contribution in [0.1, 0.15) is 0 Å². The summed E-state index contributed by atoms with van der Waals surface area (Å²) in [4.78, 5) is 0. The molecule has 0 atom stereocenters. The molecule has 2 N–H and O–H groups in total. The number of alkyl halides is 1. The van der Waals surface area contributed by atoms with Gasteiger partial charge in [-0.2, -0.15) is 0 Å². The van der Waals surface area contributed by atoms with Crippen molar-refractivity contribution in [1.29, 1.82) is 0 Å². The van der Waals surface area contributed by atoms with Crippen LogP contribution in [-0.2, 0) is 6.54 Å². The van der Waals surface area contributed by atoms with E-state index in [0.717, 1.165) is 0 Å². The summed E-state index contributed by atoms with van der Waals surface area (Å²) in [5.74, 6) is 0.816. The third kappa shape index (κ3) is 1.57. The Morgan fingerprint density at radius 1 is 1.89 bits per heavy atom. The zero-order valence-electron chi connectivity index (χ0n) is 4.75. The number of hydrogen-bond acceptors (Lipinski definition) is 3. The van der Waals surface area contributed by atoms with Gasteiger partial charge in [0.25, 0.3) is 12.1 Å². The number of anilines is 1. The summed E-state index contributed by atoms with van der Waals surface area (Å²) in [6.07, 6.45) is 1.59. The Kier molecular flexibility index (Phi) is 1.89. The van der Waals surface area contributed by atoms with E-state index < -0.39 is 0 Å². The molecule has 0 aliphatic rings. The Morgan fingerprint density at radius 2 is 2.67 bits per heavy atom. The minimum atomic E-state index is 0.306. The van der Waals surface area contributed by atoms with Crippen LogP contribution in [0.3, 0.4) is 0 Å². The van der Waals surface area contributed by atoms with Gasteiger partial charge in [0.05, 0.1) is 5.88 Å². The largest absolute Gasteiger partial charge is 0.362 e. The maximum atomic E-state index is 5.40. The topological polar surface area (TPSA) is 55.9 Å². The minimum Gasteiger partial charge on any atom is -0.362 e. The average Bonchev–Trinajstić information content (AvgIpc) is 2.17. The lowest BCUT2D eigenvalue weighted by atomic mass is 10.7. The number of nitrogen functional groups attached to an aromatic ring is 1. The van der Waals surface area contributed by atoms with Crippen molar-refractivity contribution in [2.75, 3.05) is 11.6 Å². The SMILES string of the molecule is Nc1c[n+](CCCl)no1. The predicted molar refractivity (Wildman–Crippen MR) is 31.8 cm³/mol. The van der Waals surface area contributed by atoms with Crippen molar-refractivity contribution in [1.82, 2.24) is 5.27 Å². The van der Waals surface area contributed by atoms with Crippen LogP contribution < -0.4 is 10.4 Å². The Hall–Kier alpha value is -0.770. The highest BCUT2D eigenvalue weighted by molar-refractivity contribution is 6.17. The van der Waals surface area contributed by atoms with Crippen LogP contribution in [0.2, 0.25) is 0 Å². The lowest BCUT2D eigenvalue weighted by molar-refractivity contribution is -0.758. The van der Waals surface area contributed by atoms with Gasteiger partial charge in [-0.1, -0.05) is 0 Å². The number of aromatic nitrogens is 2. The van der Waals surface area contributed by atoms with Crippen LogP contribution in [0.25, 0.3) is 0 Å². The smallest absolute Gasteiger partial charge is 0.293 e. The third-order valence-electron chi connectivity index (χ3n) is 0.841. The standard InChI is InChI=1S/C4H7ClN3O/c5-1-2-8-3-4(6)9-7-8/h3H,1-2,6H2/q+1. The number of halogens is 1. The van der Waals surface area contributed by atoms with Crippen molar-refractivity contribution >= 4 is 17.5 Å². The molecule has 0 unspecified atom stereocenters. The lowest BCUT2D eigenvalue weighted by Gasteiger charge is -1.74. The van der Waals surface area contributed by atoms with Crippen molar-refractivity contribution in [3.63, 3.8) is 0 Å². The van der Waals surface area contributed by atoms with Crippen LogP contribution in [0.4, 0.5) is 5.88 Å². The van der Waals surface area contributed by atoms with E-state index >= 15 is 0 Å². The van der Waals surface area contributed by atoms with Crippen LogP contribution >= 0.6 is 11.6 Å². The van der Waals surface area contributed by atoms with Crippen molar-refractivity contribution in [2.45, 2.75) is 6.54 Å². The van der Waals surface area contributed by atoms with Gasteiger partial charge in [0.1, 0.15) is 0 Å². The molecule has 0 aromatic carbocycles. The molecule has 9 heavy (non-hydrogen) atoms. The van der Waals surface area contributed by atoms with Gasteiger partial charge in [-0.05, 0) is 4.68 Å². The first-order valence-electron chi connectivity index (χ1n) is 2.51. The molecular formula is C4H7ClN3O+. The van der Waals surface area contributed by atoms with Crippen molar-refractivity contribution < 1.29 is 9.20 Å². The van der Waals surface area contributed by atoms with Crippen LogP contribution in [-0.4, -0.2) is 11.2 Å². The quantitative estimate of drug-likeness (QED) is 0.466. The fraction of sp³-hybridized carbons (Fsp3) is 0.500. The number of aryl methyl sites for hydroxylation is 1. The van der Waals surface area contributed by atoms with E-state index in [-0.39, 0.29) is 0 Å². The zero-order valence-corrected chi connectivity index (χ0v) is 5.51. The van der Waals surface area contributed by atoms with Gasteiger partial charge >= 0.3 is 0 Å². The van der Waals surface area contributed by atoms with Crippen LogP contribution in [0.15, 0.2) is 10.7 Å². The molecule has 1 aromatic heterocycles. The first kappa shape index (κ1) is 6.35. The monoisotopic (exact) mass is 148 g/mol. The second-order valence-corrected chi connectivity index (χ2v) is 1.93. The molecule has 1 heterocycles. The Bertz CT molecular complexity index is 188. The minimum absolute atomic E-state index is 0.306. The second-order valence-electron chi connectivity index (χ2n) is 1.56. The molecular weight excluding hydrogens is 142 g/mol. The summed E-state index contributed by atoms with van der Waals surface area (Å²) < 4.78 is 6.09. The van der Waals surface area contributed by atoms with E-state index in [4.69, 9.17) is 17.3 Å². The molecule has 50 valence electrons. The zero-order chi connectivity index (χ0) is 6.69. The summed E-state index contributed by atoms with van der Waals surface area (Å²) in [6, 6.07) is 0. The van der Waals surface area contributed by atoms with Crippen molar-refractivity contribution in [3.8, 4) is 0 Å². The molecule has 0 spiro atoms. The fourth-order valence-corrected chi connectivity index (χ4v) is 0.659. The summed E-state index contributed by atoms with van der Waals surface area (Å²) in [5, 5.41) is 3.54. The van der Waals surface area contributed by atoms with Crippen LogP contribution in [0.5, 0.6) is 0 Å². The number of rotatable bonds is 2. The Balaban J connectivity index is 2.61. The summed E-state index contributed by atoms with van der Waals surface area (Å²) in [6.45, 7) is 0.627. The molecule has 0 saturated carbocycles. The average molecular weight is 149 g/mol. The van der Waals surface area contributed by atoms with E-state index in [9.17, 15) is 0 Å². The van der Waals surface area contributed by atoms with Crippen molar-refractivity contribution in [2.24, 2.45) is 0 Å². The van der Waals surface area contributed by atoms with Gasteiger partial charge in [0.15, 0.2) is 6.54 Å². The molecule has 5 heteroatoms. The Labute approximate surface area is 57.2 Å². The normalized spacial score (nSPS) is 9.89. The molecule has 0 aliphatic carbocycles. The molecule has 0 saturated heterocycles. The van der Waals surface area contributed by atoms with E-state index in [1.165, 1.54) is 0 Å². The van der Waals surface area contributed by atoms with E-state index in [0.29, 0.717) is 18.3 Å². The maximum Gasteiger partial charge on any atom is 0.293 e. The molecule has 0 fully saturated rings. The second kappa shape index (κ2) is 2.68.